The number of ether oxygens (including phenoxy) is 3. The maximum Gasteiger partial charge on any atom is 0.260 e. The molecule has 1 aliphatic carbocycles. The molecule has 0 atom stereocenters. The van der Waals surface area contributed by atoms with Crippen molar-refractivity contribution in [3.8, 4) is 0 Å². The van der Waals surface area contributed by atoms with Crippen molar-refractivity contribution < 1.29 is 23.0 Å². The Kier molecular flexibility index (Phi) is 14.6. The maximum atomic E-state index is 13.8. The molecule has 1 heterocycles. The van der Waals surface area contributed by atoms with Gasteiger partial charge in [-0.15, -0.1) is 0 Å². The number of piperidine rings is 1. The zero-order valence-corrected chi connectivity index (χ0v) is 17.7. The molecule has 0 aromatic carbocycles. The van der Waals surface area contributed by atoms with Crippen LogP contribution in [-0.2, 0) is 14.2 Å². The fourth-order valence-electron chi connectivity index (χ4n) is 3.18. The number of hydrogen-bond acceptors (Lipinski definition) is 4. The van der Waals surface area contributed by atoms with E-state index in [1.54, 1.807) is 14.2 Å². The number of methoxy groups -OCH3 is 2. The number of halogens is 2. The van der Waals surface area contributed by atoms with Crippen molar-refractivity contribution in [1.82, 2.24) is 4.90 Å². The highest BCUT2D eigenvalue weighted by atomic mass is 19.3. The molecule has 0 spiro atoms. The van der Waals surface area contributed by atoms with Gasteiger partial charge in [0.25, 0.3) is 5.92 Å². The van der Waals surface area contributed by atoms with Crippen LogP contribution < -0.4 is 0 Å². The monoisotopic (exact) mass is 381 g/mol. The molecule has 158 valence electrons. The highest BCUT2D eigenvalue weighted by molar-refractivity contribution is 4.84. The summed E-state index contributed by atoms with van der Waals surface area (Å²) in [5.74, 6) is -2.62. The highest BCUT2D eigenvalue weighted by Crippen LogP contribution is 2.30. The topological polar surface area (TPSA) is 30.9 Å². The van der Waals surface area contributed by atoms with Crippen LogP contribution in [0.25, 0.3) is 0 Å². The molecule has 4 nitrogen and oxygen atoms in total. The molecule has 2 rings (SSSR count). The predicted molar refractivity (Wildman–Crippen MR) is 103 cm³/mol. The molecule has 2 aliphatic rings. The summed E-state index contributed by atoms with van der Waals surface area (Å²) in [6.45, 7) is 9.66. The first-order chi connectivity index (χ1) is 12.5. The summed E-state index contributed by atoms with van der Waals surface area (Å²) < 4.78 is 43.8. The van der Waals surface area contributed by atoms with Crippen molar-refractivity contribution in [2.75, 3.05) is 40.5 Å². The van der Waals surface area contributed by atoms with Crippen molar-refractivity contribution in [2.24, 2.45) is 0 Å². The van der Waals surface area contributed by atoms with E-state index in [9.17, 15) is 8.78 Å². The minimum atomic E-state index is -2.62. The third-order valence-electron chi connectivity index (χ3n) is 4.65. The third-order valence-corrected chi connectivity index (χ3v) is 4.65. The van der Waals surface area contributed by atoms with Crippen LogP contribution >= 0.6 is 0 Å². The van der Waals surface area contributed by atoms with Crippen molar-refractivity contribution in [3.63, 3.8) is 0 Å². The normalized spacial score (nSPS) is 24.0. The Labute approximate surface area is 159 Å². The van der Waals surface area contributed by atoms with Crippen molar-refractivity contribution in [1.29, 1.82) is 0 Å². The largest absolute Gasteiger partial charge is 0.385 e. The standard InChI is InChI=1S/C16H29F2NO3.2C2H6/c1-20-9-3-6-16(17,18)12-19-7-4-13(5-8-19)22-15-10-14(11-15)21-2;2*1-2/h13-15H,3-12H2,1-2H3;2*1-2H3. The van der Waals surface area contributed by atoms with E-state index >= 15 is 0 Å². The summed E-state index contributed by atoms with van der Waals surface area (Å²) in [7, 11) is 3.27. The summed E-state index contributed by atoms with van der Waals surface area (Å²) in [4.78, 5) is 1.87. The molecule has 0 aromatic heterocycles. The van der Waals surface area contributed by atoms with E-state index in [4.69, 9.17) is 14.2 Å². The van der Waals surface area contributed by atoms with Gasteiger partial charge in [-0.05, 0) is 32.1 Å². The Balaban J connectivity index is 0.00000146. The molecular weight excluding hydrogens is 340 g/mol. The van der Waals surface area contributed by atoms with E-state index in [1.165, 1.54) is 0 Å². The van der Waals surface area contributed by atoms with Gasteiger partial charge in [0, 0.05) is 40.3 Å². The first-order valence-electron chi connectivity index (χ1n) is 10.3. The average molecular weight is 382 g/mol. The van der Waals surface area contributed by atoms with Crippen LogP contribution in [0.5, 0.6) is 0 Å². The molecule has 1 aliphatic heterocycles. The quantitative estimate of drug-likeness (QED) is 0.539. The van der Waals surface area contributed by atoms with E-state index < -0.39 is 5.92 Å². The van der Waals surface area contributed by atoms with Gasteiger partial charge in [-0.3, -0.25) is 4.90 Å². The van der Waals surface area contributed by atoms with Gasteiger partial charge in [-0.2, -0.15) is 0 Å². The van der Waals surface area contributed by atoms with Crippen LogP contribution in [0.2, 0.25) is 0 Å². The van der Waals surface area contributed by atoms with E-state index in [0.717, 1.165) is 25.7 Å². The van der Waals surface area contributed by atoms with Crippen molar-refractivity contribution >= 4 is 0 Å². The number of nitrogens with zero attached hydrogens (tertiary/aromatic N) is 1. The lowest BCUT2D eigenvalue weighted by Crippen LogP contribution is -2.46. The van der Waals surface area contributed by atoms with Gasteiger partial charge in [0.2, 0.25) is 0 Å². The molecule has 0 N–H and O–H groups in total. The van der Waals surface area contributed by atoms with Crippen LogP contribution in [-0.4, -0.2) is 69.6 Å². The molecule has 0 aromatic rings. The van der Waals surface area contributed by atoms with Gasteiger partial charge in [-0.1, -0.05) is 27.7 Å². The first-order valence-corrected chi connectivity index (χ1v) is 10.3. The SMILES string of the molecule is CC.CC.COCCCC(F)(F)CN1CCC(OC2CC(OC)C2)CC1. The summed E-state index contributed by atoms with van der Waals surface area (Å²) >= 11 is 0. The van der Waals surface area contributed by atoms with Crippen LogP contribution in [0.15, 0.2) is 0 Å². The Morgan fingerprint density at radius 3 is 2.00 bits per heavy atom. The minimum Gasteiger partial charge on any atom is -0.385 e. The van der Waals surface area contributed by atoms with Gasteiger partial charge in [0.1, 0.15) is 0 Å². The molecule has 1 saturated heterocycles. The number of alkyl halides is 2. The smallest absolute Gasteiger partial charge is 0.260 e. The Bertz CT molecular complexity index is 318. The summed E-state index contributed by atoms with van der Waals surface area (Å²) in [6, 6.07) is 0. The zero-order chi connectivity index (χ0) is 20.0. The third kappa shape index (κ3) is 10.1. The summed E-state index contributed by atoms with van der Waals surface area (Å²) in [5.41, 5.74) is 0. The van der Waals surface area contributed by atoms with Crippen LogP contribution in [0.4, 0.5) is 8.78 Å². The van der Waals surface area contributed by atoms with Crippen molar-refractivity contribution in [2.45, 2.75) is 90.5 Å². The molecular formula is C20H41F2NO3. The molecule has 26 heavy (non-hydrogen) atoms. The minimum absolute atomic E-state index is 0.0995. The lowest BCUT2D eigenvalue weighted by atomic mass is 9.91. The van der Waals surface area contributed by atoms with Gasteiger partial charge in [0.15, 0.2) is 0 Å². The van der Waals surface area contributed by atoms with E-state index in [1.807, 2.05) is 32.6 Å². The molecule has 0 unspecified atom stereocenters. The van der Waals surface area contributed by atoms with Gasteiger partial charge >= 0.3 is 0 Å². The molecule has 0 radical (unpaired) electrons. The van der Waals surface area contributed by atoms with Crippen molar-refractivity contribution in [3.05, 3.63) is 0 Å². The maximum absolute atomic E-state index is 13.8. The lowest BCUT2D eigenvalue weighted by molar-refractivity contribution is -0.130. The number of hydrogen-bond donors (Lipinski definition) is 0. The van der Waals surface area contributed by atoms with E-state index in [0.29, 0.717) is 38.3 Å². The first kappa shape index (κ1) is 25.7. The second kappa shape index (κ2) is 14.7. The second-order valence-corrected chi connectivity index (χ2v) is 6.52. The van der Waals surface area contributed by atoms with Gasteiger partial charge in [-0.25, -0.2) is 8.78 Å². The predicted octanol–water partition coefficient (Wildman–Crippen LogP) is 4.76. The highest BCUT2D eigenvalue weighted by Gasteiger charge is 2.35. The number of rotatable bonds is 9. The fourth-order valence-corrected chi connectivity index (χ4v) is 3.18. The number of likely N-dealkylation sites (tertiary alicyclic amines) is 1. The summed E-state index contributed by atoms with van der Waals surface area (Å²) in [5, 5.41) is 0. The summed E-state index contributed by atoms with van der Waals surface area (Å²) in [6.07, 6.45) is 4.81. The van der Waals surface area contributed by atoms with Gasteiger partial charge < -0.3 is 14.2 Å². The molecule has 1 saturated carbocycles. The molecule has 0 bridgehead atoms. The van der Waals surface area contributed by atoms with E-state index in [2.05, 4.69) is 0 Å². The van der Waals surface area contributed by atoms with Crippen LogP contribution in [0, 0.1) is 0 Å². The Hall–Kier alpha value is -0.300. The Morgan fingerprint density at radius 1 is 0.923 bits per heavy atom. The zero-order valence-electron chi connectivity index (χ0n) is 17.7. The fraction of sp³-hybridized carbons (Fsp3) is 1.00. The van der Waals surface area contributed by atoms with Crippen LogP contribution in [0.3, 0.4) is 0 Å². The lowest BCUT2D eigenvalue weighted by Gasteiger charge is -2.40. The Morgan fingerprint density at radius 2 is 1.50 bits per heavy atom. The molecule has 2 fully saturated rings. The van der Waals surface area contributed by atoms with Crippen LogP contribution in [0.1, 0.15) is 66.2 Å². The molecule has 6 heteroatoms. The van der Waals surface area contributed by atoms with Gasteiger partial charge in [0.05, 0.1) is 24.9 Å². The average Bonchev–Trinajstić information content (AvgIpc) is 2.62. The second-order valence-electron chi connectivity index (χ2n) is 6.52. The molecule has 0 amide bonds. The van der Waals surface area contributed by atoms with E-state index in [-0.39, 0.29) is 19.1 Å².